The van der Waals surface area contributed by atoms with Crippen LogP contribution in [0.5, 0.6) is 11.5 Å². The average molecular weight is 621 g/mol. The Balaban J connectivity index is 1.74. The van der Waals surface area contributed by atoms with Crippen LogP contribution in [-0.2, 0) is 9.53 Å². The van der Waals surface area contributed by atoms with Crippen molar-refractivity contribution in [3.8, 4) is 11.5 Å². The van der Waals surface area contributed by atoms with Gasteiger partial charge in [0.1, 0.15) is 17.5 Å². The second kappa shape index (κ2) is 12.7. The van der Waals surface area contributed by atoms with Gasteiger partial charge in [0, 0.05) is 42.0 Å². The van der Waals surface area contributed by atoms with Crippen LogP contribution in [0.4, 0.5) is 11.4 Å². The first-order valence-corrected chi connectivity index (χ1v) is 15.3. The fourth-order valence-corrected chi connectivity index (χ4v) is 6.69. The number of fused-ring (bicyclic) bond motifs is 1. The molecule has 0 amide bonds. The van der Waals surface area contributed by atoms with Crippen LogP contribution in [0.1, 0.15) is 57.7 Å². The zero-order valence-electron chi connectivity index (χ0n) is 25.7. The molecule has 12 heteroatoms. The Bertz CT molecular complexity index is 1820. The second-order valence-corrected chi connectivity index (χ2v) is 12.3. The van der Waals surface area contributed by atoms with E-state index in [1.54, 1.807) is 51.1 Å². The van der Waals surface area contributed by atoms with Gasteiger partial charge in [0.05, 0.1) is 41.0 Å². The lowest BCUT2D eigenvalue weighted by molar-refractivity contribution is -0.384. The Morgan fingerprint density at radius 2 is 1.86 bits per heavy atom. The highest BCUT2D eigenvalue weighted by molar-refractivity contribution is 7.07. The zero-order valence-corrected chi connectivity index (χ0v) is 26.5. The van der Waals surface area contributed by atoms with E-state index in [2.05, 4.69) is 16.8 Å². The number of benzene rings is 2. The van der Waals surface area contributed by atoms with Crippen LogP contribution >= 0.6 is 11.3 Å². The molecule has 3 aromatic rings. The van der Waals surface area contributed by atoms with Gasteiger partial charge < -0.3 is 19.1 Å². The monoisotopic (exact) mass is 620 g/mol. The van der Waals surface area contributed by atoms with E-state index >= 15 is 0 Å². The number of carbonyl (C=O) groups is 1. The lowest BCUT2D eigenvalue weighted by Crippen LogP contribution is -2.40. The van der Waals surface area contributed by atoms with Crippen LogP contribution in [0.2, 0.25) is 0 Å². The van der Waals surface area contributed by atoms with Crippen LogP contribution in [0.25, 0.3) is 6.08 Å². The van der Waals surface area contributed by atoms with Gasteiger partial charge in [-0.25, -0.2) is 9.79 Å². The van der Waals surface area contributed by atoms with E-state index in [0.29, 0.717) is 43.6 Å². The number of anilines is 1. The molecule has 0 bridgehead atoms. The maximum Gasteiger partial charge on any atom is 0.338 e. The minimum Gasteiger partial charge on any atom is -0.497 e. The first-order valence-electron chi connectivity index (χ1n) is 14.5. The van der Waals surface area contributed by atoms with E-state index in [-0.39, 0.29) is 11.3 Å². The molecule has 0 N–H and O–H groups in total. The lowest BCUT2D eigenvalue weighted by Gasteiger charge is -2.33. The lowest BCUT2D eigenvalue weighted by atomic mass is 9.94. The number of rotatable bonds is 8. The number of allylic oxidation sites excluding steroid dienone is 1. The van der Waals surface area contributed by atoms with Crippen molar-refractivity contribution in [2.45, 2.75) is 52.7 Å². The molecule has 2 aliphatic heterocycles. The Labute approximate surface area is 258 Å². The van der Waals surface area contributed by atoms with E-state index in [1.807, 2.05) is 0 Å². The van der Waals surface area contributed by atoms with Crippen molar-refractivity contribution in [3.63, 3.8) is 0 Å². The van der Waals surface area contributed by atoms with Crippen molar-refractivity contribution in [2.24, 2.45) is 10.9 Å². The van der Waals surface area contributed by atoms with Gasteiger partial charge in [0.2, 0.25) is 0 Å². The van der Waals surface area contributed by atoms with Crippen LogP contribution in [0.15, 0.2) is 57.5 Å². The number of hydrogen-bond acceptors (Lipinski definition) is 10. The Kier molecular flexibility index (Phi) is 8.91. The highest BCUT2D eigenvalue weighted by atomic mass is 32.1. The van der Waals surface area contributed by atoms with Gasteiger partial charge in [-0.2, -0.15) is 0 Å². The largest absolute Gasteiger partial charge is 0.497 e. The van der Waals surface area contributed by atoms with Crippen molar-refractivity contribution >= 4 is 34.8 Å². The maximum absolute atomic E-state index is 14.3. The fraction of sp³-hybridized carbons (Fsp3) is 0.406. The van der Waals surface area contributed by atoms with Crippen molar-refractivity contribution < 1.29 is 23.9 Å². The number of esters is 1. The normalized spacial score (nSPS) is 17.4. The molecule has 232 valence electrons. The summed E-state index contributed by atoms with van der Waals surface area (Å²) in [6, 6.07) is 9.03. The molecule has 3 heterocycles. The molecular formula is C32H36N4O7S. The summed E-state index contributed by atoms with van der Waals surface area (Å²) in [4.78, 5) is 46.3. The number of nitrogens with zero attached hydrogens (tertiary/aromatic N) is 4. The smallest absolute Gasteiger partial charge is 0.338 e. The highest BCUT2D eigenvalue weighted by Crippen LogP contribution is 2.38. The van der Waals surface area contributed by atoms with Gasteiger partial charge in [-0.1, -0.05) is 18.3 Å². The summed E-state index contributed by atoms with van der Waals surface area (Å²) >= 11 is 1.16. The molecular weight excluding hydrogens is 584 g/mol. The summed E-state index contributed by atoms with van der Waals surface area (Å²) in [7, 11) is 3.05. The Morgan fingerprint density at radius 1 is 1.14 bits per heavy atom. The van der Waals surface area contributed by atoms with E-state index in [1.165, 1.54) is 30.9 Å². The van der Waals surface area contributed by atoms with E-state index < -0.39 is 28.6 Å². The Hall–Kier alpha value is -4.45. The predicted molar refractivity (Wildman–Crippen MR) is 168 cm³/mol. The standard InChI is InChI=1S/C32H36N4O7S/c1-18(2)43-31(38)28-20(4)33-32-35(29(28)24-17-23(41-5)8-10-26(24)42-6)30(37)27(44-32)16-21-15-22(36(39)40)7-9-25(21)34-13-11-19(3)12-14-34/h7-10,15-19,29H,11-14H2,1-6H3/b27-16-/t29-/m1/s1. The number of methoxy groups -OCH3 is 2. The molecule has 0 unspecified atom stereocenters. The summed E-state index contributed by atoms with van der Waals surface area (Å²) in [5.41, 5.74) is 2.10. The summed E-state index contributed by atoms with van der Waals surface area (Å²) in [5, 5.41) is 11.7. The molecule has 5 rings (SSSR count). The Morgan fingerprint density at radius 3 is 2.50 bits per heavy atom. The van der Waals surface area contributed by atoms with E-state index in [4.69, 9.17) is 14.2 Å². The third-order valence-corrected chi connectivity index (χ3v) is 8.93. The maximum atomic E-state index is 14.3. The number of ether oxygens (including phenoxy) is 3. The van der Waals surface area contributed by atoms with Gasteiger partial charge >= 0.3 is 5.97 Å². The molecule has 0 spiro atoms. The number of nitro benzene ring substituents is 1. The van der Waals surface area contributed by atoms with Crippen LogP contribution in [0.3, 0.4) is 0 Å². The van der Waals surface area contributed by atoms with E-state index in [9.17, 15) is 19.7 Å². The minimum atomic E-state index is -0.919. The van der Waals surface area contributed by atoms with Crippen molar-refractivity contribution in [2.75, 3.05) is 32.2 Å². The van der Waals surface area contributed by atoms with Gasteiger partial charge in [-0.05, 0) is 69.9 Å². The predicted octanol–water partition coefficient (Wildman–Crippen LogP) is 4.35. The van der Waals surface area contributed by atoms with Gasteiger partial charge in [0.15, 0.2) is 4.80 Å². The molecule has 0 saturated carbocycles. The molecule has 2 aromatic carbocycles. The first-order chi connectivity index (χ1) is 21.0. The average Bonchev–Trinajstić information content (AvgIpc) is 3.29. The number of thiazole rings is 1. The quantitative estimate of drug-likeness (QED) is 0.207. The summed E-state index contributed by atoms with van der Waals surface area (Å²) in [6.45, 7) is 9.07. The minimum absolute atomic E-state index is 0.0632. The van der Waals surface area contributed by atoms with E-state index in [0.717, 1.165) is 43.0 Å². The molecule has 1 aromatic heterocycles. The molecule has 1 atom stereocenters. The summed E-state index contributed by atoms with van der Waals surface area (Å²) < 4.78 is 18.6. The third-order valence-electron chi connectivity index (χ3n) is 7.95. The molecule has 2 aliphatic rings. The number of piperidine rings is 1. The number of hydrogen-bond donors (Lipinski definition) is 0. The van der Waals surface area contributed by atoms with Crippen molar-refractivity contribution in [3.05, 3.63) is 88.6 Å². The van der Waals surface area contributed by atoms with Crippen LogP contribution in [0, 0.1) is 16.0 Å². The second-order valence-electron chi connectivity index (χ2n) is 11.3. The van der Waals surface area contributed by atoms with Crippen LogP contribution < -0.4 is 29.3 Å². The van der Waals surface area contributed by atoms with Gasteiger partial charge in [-0.3, -0.25) is 19.5 Å². The molecule has 0 aliphatic carbocycles. The fourth-order valence-electron chi connectivity index (χ4n) is 5.66. The highest BCUT2D eigenvalue weighted by Gasteiger charge is 2.36. The van der Waals surface area contributed by atoms with Crippen molar-refractivity contribution in [1.82, 2.24) is 4.57 Å². The van der Waals surface area contributed by atoms with Gasteiger partial charge in [-0.15, -0.1) is 0 Å². The number of carbonyl (C=O) groups excluding carboxylic acids is 1. The topological polar surface area (TPSA) is 126 Å². The number of aromatic nitrogens is 1. The SMILES string of the molecule is COc1ccc(OC)c([C@@H]2C(C(=O)OC(C)C)=C(C)N=c3s/c(=C\c4cc([N+](=O)[O-])ccc4N4CCC(C)CC4)c(=O)n32)c1. The zero-order chi connectivity index (χ0) is 31.7. The van der Waals surface area contributed by atoms with Crippen molar-refractivity contribution in [1.29, 1.82) is 0 Å². The number of non-ortho nitro benzene ring substituents is 1. The molecule has 0 radical (unpaired) electrons. The third kappa shape index (κ3) is 5.99. The summed E-state index contributed by atoms with van der Waals surface area (Å²) in [5.74, 6) is 0.983. The molecule has 1 saturated heterocycles. The molecule has 44 heavy (non-hydrogen) atoms. The summed E-state index contributed by atoms with van der Waals surface area (Å²) in [6.07, 6.45) is 3.31. The number of nitro groups is 1. The molecule has 11 nitrogen and oxygen atoms in total. The first kappa shape index (κ1) is 31.0. The molecule has 1 fully saturated rings. The van der Waals surface area contributed by atoms with Gasteiger partial charge in [0.25, 0.3) is 11.2 Å². The van der Waals surface area contributed by atoms with Crippen LogP contribution in [-0.4, -0.2) is 48.9 Å².